The standard InChI is InChI=1S/C17H17NO4.ClH/c1-12(14-7-9-15(10-8-14)16(19)20)18-17(21)22-11-13-5-3-2-4-6-13;/h2-10,12H,11H2,1H3,(H,18,21)(H,19,20);1H/t12-;/m1./s1. The van der Waals surface area contributed by atoms with Crippen LogP contribution in [-0.2, 0) is 11.3 Å². The van der Waals surface area contributed by atoms with Gasteiger partial charge in [-0.3, -0.25) is 0 Å². The molecule has 0 aromatic heterocycles. The number of rotatable bonds is 5. The van der Waals surface area contributed by atoms with E-state index in [9.17, 15) is 9.59 Å². The van der Waals surface area contributed by atoms with Crippen molar-refractivity contribution in [2.24, 2.45) is 0 Å². The second kappa shape index (κ2) is 8.80. The van der Waals surface area contributed by atoms with Gasteiger partial charge in [-0.1, -0.05) is 42.5 Å². The maximum Gasteiger partial charge on any atom is 0.407 e. The first-order valence-corrected chi connectivity index (χ1v) is 6.86. The van der Waals surface area contributed by atoms with Gasteiger partial charge in [0.15, 0.2) is 0 Å². The van der Waals surface area contributed by atoms with Crippen LogP contribution in [0.5, 0.6) is 0 Å². The van der Waals surface area contributed by atoms with Crippen LogP contribution in [0.4, 0.5) is 4.79 Å². The highest BCUT2D eigenvalue weighted by atomic mass is 35.5. The second-order valence-electron chi connectivity index (χ2n) is 4.85. The zero-order valence-electron chi connectivity index (χ0n) is 12.6. The van der Waals surface area contributed by atoms with Crippen molar-refractivity contribution in [3.8, 4) is 0 Å². The van der Waals surface area contributed by atoms with E-state index < -0.39 is 12.1 Å². The molecule has 0 aliphatic heterocycles. The molecule has 0 aliphatic carbocycles. The number of alkyl carbamates (subject to hydrolysis) is 1. The lowest BCUT2D eigenvalue weighted by molar-refractivity contribution is 0.0696. The molecule has 2 N–H and O–H groups in total. The van der Waals surface area contributed by atoms with Gasteiger partial charge in [0, 0.05) is 0 Å². The Kier molecular flexibility index (Phi) is 7.09. The van der Waals surface area contributed by atoms with Gasteiger partial charge >= 0.3 is 12.1 Å². The topological polar surface area (TPSA) is 75.6 Å². The van der Waals surface area contributed by atoms with E-state index in [0.29, 0.717) is 0 Å². The number of benzene rings is 2. The molecule has 0 radical (unpaired) electrons. The molecule has 5 nitrogen and oxygen atoms in total. The zero-order chi connectivity index (χ0) is 15.9. The van der Waals surface area contributed by atoms with Crippen molar-refractivity contribution >= 4 is 24.5 Å². The Morgan fingerprint density at radius 2 is 1.70 bits per heavy atom. The van der Waals surface area contributed by atoms with E-state index in [4.69, 9.17) is 9.84 Å². The van der Waals surface area contributed by atoms with Crippen molar-refractivity contribution < 1.29 is 19.4 Å². The Morgan fingerprint density at radius 1 is 1.09 bits per heavy atom. The van der Waals surface area contributed by atoms with E-state index in [0.717, 1.165) is 11.1 Å². The van der Waals surface area contributed by atoms with Crippen molar-refractivity contribution in [2.75, 3.05) is 0 Å². The van der Waals surface area contributed by atoms with Crippen molar-refractivity contribution in [3.63, 3.8) is 0 Å². The van der Waals surface area contributed by atoms with E-state index in [1.54, 1.807) is 19.1 Å². The summed E-state index contributed by atoms with van der Waals surface area (Å²) in [7, 11) is 0. The summed E-state index contributed by atoms with van der Waals surface area (Å²) in [4.78, 5) is 22.5. The molecule has 0 spiro atoms. The lowest BCUT2D eigenvalue weighted by Gasteiger charge is -2.14. The van der Waals surface area contributed by atoms with Crippen LogP contribution in [0.2, 0.25) is 0 Å². The van der Waals surface area contributed by atoms with E-state index in [-0.39, 0.29) is 30.6 Å². The minimum absolute atomic E-state index is 0. The molecule has 2 rings (SSSR count). The Balaban J connectivity index is 0.00000264. The Labute approximate surface area is 140 Å². The number of amides is 1. The van der Waals surface area contributed by atoms with Gasteiger partial charge in [0.05, 0.1) is 11.6 Å². The predicted octanol–water partition coefficient (Wildman–Crippen LogP) is 3.79. The maximum absolute atomic E-state index is 11.7. The van der Waals surface area contributed by atoms with Gasteiger partial charge in [0.1, 0.15) is 6.61 Å². The predicted molar refractivity (Wildman–Crippen MR) is 88.8 cm³/mol. The lowest BCUT2D eigenvalue weighted by atomic mass is 10.1. The number of carbonyl (C=O) groups is 2. The van der Waals surface area contributed by atoms with Crippen LogP contribution < -0.4 is 5.32 Å². The fourth-order valence-corrected chi connectivity index (χ4v) is 1.94. The summed E-state index contributed by atoms with van der Waals surface area (Å²) < 4.78 is 5.14. The molecule has 0 saturated heterocycles. The third-order valence-electron chi connectivity index (χ3n) is 3.20. The highest BCUT2D eigenvalue weighted by molar-refractivity contribution is 5.87. The number of carboxylic acids is 1. The van der Waals surface area contributed by atoms with E-state index >= 15 is 0 Å². The molecule has 0 aliphatic rings. The monoisotopic (exact) mass is 335 g/mol. The largest absolute Gasteiger partial charge is 0.478 e. The van der Waals surface area contributed by atoms with E-state index in [2.05, 4.69) is 5.32 Å². The molecular formula is C17H18ClNO4. The fraction of sp³-hybridized carbons (Fsp3) is 0.176. The van der Waals surface area contributed by atoms with Crippen molar-refractivity contribution in [2.45, 2.75) is 19.6 Å². The number of hydrogen-bond donors (Lipinski definition) is 2. The SMILES string of the molecule is C[C@@H](NC(=O)OCc1ccccc1)c1ccc(C(=O)O)cc1.Cl. The maximum atomic E-state index is 11.7. The number of carbonyl (C=O) groups excluding carboxylic acids is 1. The average Bonchev–Trinajstić information content (AvgIpc) is 2.54. The van der Waals surface area contributed by atoms with Crippen LogP contribution in [0, 0.1) is 0 Å². The Bertz CT molecular complexity index is 643. The number of hydrogen-bond acceptors (Lipinski definition) is 3. The second-order valence-corrected chi connectivity index (χ2v) is 4.85. The number of ether oxygens (including phenoxy) is 1. The molecule has 0 bridgehead atoms. The summed E-state index contributed by atoms with van der Waals surface area (Å²) in [5.41, 5.74) is 1.93. The first-order chi connectivity index (χ1) is 10.6. The zero-order valence-corrected chi connectivity index (χ0v) is 13.4. The van der Waals surface area contributed by atoms with Crippen LogP contribution in [-0.4, -0.2) is 17.2 Å². The van der Waals surface area contributed by atoms with Gasteiger partial charge in [0.25, 0.3) is 0 Å². The summed E-state index contributed by atoms with van der Waals surface area (Å²) in [6.07, 6.45) is -0.515. The summed E-state index contributed by atoms with van der Waals surface area (Å²) in [6, 6.07) is 15.5. The van der Waals surface area contributed by atoms with Crippen molar-refractivity contribution in [1.82, 2.24) is 5.32 Å². The first-order valence-electron chi connectivity index (χ1n) is 6.86. The van der Waals surface area contributed by atoms with Crippen molar-refractivity contribution in [1.29, 1.82) is 0 Å². The summed E-state index contributed by atoms with van der Waals surface area (Å²) in [5.74, 6) is -0.977. The van der Waals surface area contributed by atoms with Gasteiger partial charge in [-0.05, 0) is 30.2 Å². The smallest absolute Gasteiger partial charge is 0.407 e. The quantitative estimate of drug-likeness (QED) is 0.871. The minimum atomic E-state index is -0.977. The van der Waals surface area contributed by atoms with Crippen molar-refractivity contribution in [3.05, 3.63) is 71.3 Å². The third kappa shape index (κ3) is 5.64. The molecule has 2 aromatic carbocycles. The molecule has 1 amide bonds. The molecule has 1 atom stereocenters. The van der Waals surface area contributed by atoms with Gasteiger partial charge in [0.2, 0.25) is 0 Å². The Hall–Kier alpha value is -2.53. The van der Waals surface area contributed by atoms with Gasteiger partial charge in [-0.2, -0.15) is 0 Å². The number of aromatic carboxylic acids is 1. The van der Waals surface area contributed by atoms with Gasteiger partial charge in [-0.25, -0.2) is 9.59 Å². The molecule has 0 heterocycles. The minimum Gasteiger partial charge on any atom is -0.478 e. The number of halogens is 1. The molecule has 0 fully saturated rings. The van der Waals surface area contributed by atoms with Crippen LogP contribution in [0.15, 0.2) is 54.6 Å². The highest BCUT2D eigenvalue weighted by Crippen LogP contribution is 2.14. The lowest BCUT2D eigenvalue weighted by Crippen LogP contribution is -2.27. The number of nitrogens with one attached hydrogen (secondary N) is 1. The van der Waals surface area contributed by atoms with E-state index in [1.165, 1.54) is 12.1 Å². The first kappa shape index (κ1) is 18.5. The van der Waals surface area contributed by atoms with Gasteiger partial charge < -0.3 is 15.2 Å². The molecule has 0 unspecified atom stereocenters. The number of carboxylic acid groups (broad SMARTS) is 1. The van der Waals surface area contributed by atoms with Crippen LogP contribution >= 0.6 is 12.4 Å². The fourth-order valence-electron chi connectivity index (χ4n) is 1.94. The average molecular weight is 336 g/mol. The molecule has 0 saturated carbocycles. The van der Waals surface area contributed by atoms with Gasteiger partial charge in [-0.15, -0.1) is 12.4 Å². The van der Waals surface area contributed by atoms with E-state index in [1.807, 2.05) is 30.3 Å². The Morgan fingerprint density at radius 3 is 2.26 bits per heavy atom. The van der Waals surface area contributed by atoms with Crippen LogP contribution in [0.3, 0.4) is 0 Å². The van der Waals surface area contributed by atoms with Crippen LogP contribution in [0.25, 0.3) is 0 Å². The molecule has 122 valence electrons. The third-order valence-corrected chi connectivity index (χ3v) is 3.20. The highest BCUT2D eigenvalue weighted by Gasteiger charge is 2.11. The summed E-state index contributed by atoms with van der Waals surface area (Å²) in [5, 5.41) is 11.6. The normalized spacial score (nSPS) is 11.0. The summed E-state index contributed by atoms with van der Waals surface area (Å²) >= 11 is 0. The summed E-state index contributed by atoms with van der Waals surface area (Å²) in [6.45, 7) is 2.01. The molecule has 23 heavy (non-hydrogen) atoms. The molecule has 2 aromatic rings. The van der Waals surface area contributed by atoms with Crippen LogP contribution in [0.1, 0.15) is 34.5 Å². The molecule has 6 heteroatoms. The molecular weight excluding hydrogens is 318 g/mol.